The predicted molar refractivity (Wildman–Crippen MR) is 104 cm³/mol. The Labute approximate surface area is 152 Å². The van der Waals surface area contributed by atoms with Gasteiger partial charge in [-0.25, -0.2) is 0 Å². The maximum atomic E-state index is 12.9. The van der Waals surface area contributed by atoms with Crippen LogP contribution in [0.4, 0.5) is 0 Å². The van der Waals surface area contributed by atoms with Crippen molar-refractivity contribution in [3.8, 4) is 0 Å². The van der Waals surface area contributed by atoms with E-state index in [0.29, 0.717) is 11.9 Å². The summed E-state index contributed by atoms with van der Waals surface area (Å²) in [6.45, 7) is 4.59. The number of carbonyl (C=O) groups excluding carboxylic acids is 1. The summed E-state index contributed by atoms with van der Waals surface area (Å²) in [5, 5.41) is 0. The third kappa shape index (κ3) is 5.66. The van der Waals surface area contributed by atoms with Gasteiger partial charge in [0.2, 0.25) is 5.91 Å². The van der Waals surface area contributed by atoms with Crippen LogP contribution in [0.1, 0.15) is 70.6 Å². The first-order valence-corrected chi connectivity index (χ1v) is 11.6. The minimum absolute atomic E-state index is 0.449. The fourth-order valence-electron chi connectivity index (χ4n) is 4.70. The van der Waals surface area contributed by atoms with Crippen molar-refractivity contribution in [3.05, 3.63) is 0 Å². The zero-order valence-electron chi connectivity index (χ0n) is 15.4. The molecular weight excluding hydrogens is 316 g/mol. The first kappa shape index (κ1) is 18.6. The summed E-state index contributed by atoms with van der Waals surface area (Å²) >= 11 is 2.06. The van der Waals surface area contributed by atoms with Gasteiger partial charge in [-0.1, -0.05) is 38.5 Å². The van der Waals surface area contributed by atoms with Crippen LogP contribution in [-0.4, -0.2) is 59.4 Å². The van der Waals surface area contributed by atoms with Crippen LogP contribution in [0.3, 0.4) is 0 Å². The molecule has 0 aromatic heterocycles. The molecule has 0 radical (unpaired) electrons. The van der Waals surface area contributed by atoms with Crippen molar-refractivity contribution in [1.82, 2.24) is 9.80 Å². The molecule has 4 heteroatoms. The van der Waals surface area contributed by atoms with Crippen molar-refractivity contribution in [3.63, 3.8) is 0 Å². The molecule has 3 nitrogen and oxygen atoms in total. The number of thioether (sulfide) groups is 1. The van der Waals surface area contributed by atoms with Crippen LogP contribution in [0.5, 0.6) is 0 Å². The Hall–Kier alpha value is -0.220. The Balaban J connectivity index is 1.51. The van der Waals surface area contributed by atoms with Crippen molar-refractivity contribution < 1.29 is 4.79 Å². The summed E-state index contributed by atoms with van der Waals surface area (Å²) in [6.07, 6.45) is 14.1. The van der Waals surface area contributed by atoms with E-state index in [1.165, 1.54) is 76.6 Å². The number of hydrogen-bond donors (Lipinski definition) is 0. The molecule has 0 bridgehead atoms. The van der Waals surface area contributed by atoms with Crippen molar-refractivity contribution in [2.75, 3.05) is 37.7 Å². The number of carbonyl (C=O) groups is 1. The molecule has 1 aliphatic carbocycles. The van der Waals surface area contributed by atoms with Crippen LogP contribution in [0, 0.1) is 5.92 Å². The van der Waals surface area contributed by atoms with Gasteiger partial charge in [0, 0.05) is 25.3 Å². The molecule has 1 amide bonds. The Bertz CT molecular complexity index is 378. The summed E-state index contributed by atoms with van der Waals surface area (Å²) in [5.41, 5.74) is 0. The summed E-state index contributed by atoms with van der Waals surface area (Å²) in [7, 11) is 0. The molecule has 0 N–H and O–H groups in total. The molecule has 138 valence electrons. The normalized spacial score (nSPS) is 27.8. The lowest BCUT2D eigenvalue weighted by Gasteiger charge is -2.36. The Morgan fingerprint density at radius 3 is 2.46 bits per heavy atom. The smallest absolute Gasteiger partial charge is 0.222 e. The van der Waals surface area contributed by atoms with E-state index in [9.17, 15) is 4.79 Å². The number of nitrogens with zero attached hydrogens (tertiary/aromatic N) is 2. The average Bonchev–Trinajstić information content (AvgIpc) is 2.87. The highest BCUT2D eigenvalue weighted by atomic mass is 32.2. The Morgan fingerprint density at radius 1 is 0.917 bits per heavy atom. The molecule has 0 aromatic carbocycles. The molecule has 2 saturated heterocycles. The maximum Gasteiger partial charge on any atom is 0.222 e. The van der Waals surface area contributed by atoms with Gasteiger partial charge in [-0.2, -0.15) is 11.8 Å². The van der Waals surface area contributed by atoms with Gasteiger partial charge in [0.05, 0.1) is 6.04 Å². The van der Waals surface area contributed by atoms with Crippen LogP contribution in [0.15, 0.2) is 0 Å². The molecular formula is C20H36N2OS. The molecule has 2 heterocycles. The number of amides is 1. The number of hydrogen-bond acceptors (Lipinski definition) is 3. The molecule has 0 aromatic rings. The highest BCUT2D eigenvalue weighted by Crippen LogP contribution is 2.28. The van der Waals surface area contributed by atoms with Gasteiger partial charge in [-0.3, -0.25) is 4.79 Å². The van der Waals surface area contributed by atoms with Crippen LogP contribution in [0.25, 0.3) is 0 Å². The molecule has 1 saturated carbocycles. The minimum Gasteiger partial charge on any atom is -0.338 e. The standard InChI is InChI=1S/C20H36N2OS/c23-20(11-10-18-8-3-1-4-9-18)22-14-7-15-24-17-19(22)16-21-12-5-2-6-13-21/h18-19H,1-17H2. The van der Waals surface area contributed by atoms with Crippen LogP contribution in [0.2, 0.25) is 0 Å². The van der Waals surface area contributed by atoms with Crippen molar-refractivity contribution in [2.45, 2.75) is 76.7 Å². The minimum atomic E-state index is 0.449. The second kappa shape index (κ2) is 10.1. The maximum absolute atomic E-state index is 12.9. The van der Waals surface area contributed by atoms with E-state index in [4.69, 9.17) is 0 Å². The van der Waals surface area contributed by atoms with Gasteiger partial charge < -0.3 is 9.80 Å². The first-order chi connectivity index (χ1) is 11.8. The molecule has 3 aliphatic rings. The van der Waals surface area contributed by atoms with Gasteiger partial charge in [-0.05, 0) is 50.4 Å². The lowest BCUT2D eigenvalue weighted by atomic mass is 9.86. The number of rotatable bonds is 5. The predicted octanol–water partition coefficient (Wildman–Crippen LogP) is 4.17. The molecule has 3 rings (SSSR count). The third-order valence-corrected chi connectivity index (χ3v) is 7.37. The lowest BCUT2D eigenvalue weighted by molar-refractivity contribution is -0.133. The zero-order valence-corrected chi connectivity index (χ0v) is 16.2. The van der Waals surface area contributed by atoms with E-state index in [2.05, 4.69) is 21.6 Å². The molecule has 2 aliphatic heterocycles. The second-order valence-electron chi connectivity index (χ2n) is 8.07. The van der Waals surface area contributed by atoms with Gasteiger partial charge in [-0.15, -0.1) is 0 Å². The SMILES string of the molecule is O=C(CCC1CCCCC1)N1CCCSCC1CN1CCCCC1. The van der Waals surface area contributed by atoms with E-state index in [0.717, 1.165) is 37.6 Å². The average molecular weight is 353 g/mol. The molecule has 0 spiro atoms. The molecule has 24 heavy (non-hydrogen) atoms. The van der Waals surface area contributed by atoms with Crippen LogP contribution in [-0.2, 0) is 4.79 Å². The van der Waals surface area contributed by atoms with Gasteiger partial charge in [0.1, 0.15) is 0 Å². The fourth-order valence-corrected chi connectivity index (χ4v) is 5.75. The van der Waals surface area contributed by atoms with Gasteiger partial charge in [0.15, 0.2) is 0 Å². The van der Waals surface area contributed by atoms with Gasteiger partial charge >= 0.3 is 0 Å². The van der Waals surface area contributed by atoms with E-state index < -0.39 is 0 Å². The lowest BCUT2D eigenvalue weighted by Crippen LogP contribution is -2.49. The third-order valence-electron chi connectivity index (χ3n) is 6.17. The summed E-state index contributed by atoms with van der Waals surface area (Å²) in [6, 6.07) is 0.453. The number of likely N-dealkylation sites (tertiary alicyclic amines) is 1. The first-order valence-electron chi connectivity index (χ1n) is 10.4. The number of piperidine rings is 1. The highest BCUT2D eigenvalue weighted by Gasteiger charge is 2.28. The highest BCUT2D eigenvalue weighted by molar-refractivity contribution is 7.99. The van der Waals surface area contributed by atoms with Crippen molar-refractivity contribution in [1.29, 1.82) is 0 Å². The van der Waals surface area contributed by atoms with E-state index in [-0.39, 0.29) is 0 Å². The van der Waals surface area contributed by atoms with E-state index in [1.807, 2.05) is 0 Å². The van der Waals surface area contributed by atoms with Crippen molar-refractivity contribution in [2.24, 2.45) is 5.92 Å². The fraction of sp³-hybridized carbons (Fsp3) is 0.950. The summed E-state index contributed by atoms with van der Waals surface area (Å²) < 4.78 is 0. The zero-order chi connectivity index (χ0) is 16.6. The monoisotopic (exact) mass is 352 g/mol. The van der Waals surface area contributed by atoms with Crippen LogP contribution < -0.4 is 0 Å². The molecule has 1 unspecified atom stereocenters. The van der Waals surface area contributed by atoms with Gasteiger partial charge in [0.25, 0.3) is 0 Å². The largest absolute Gasteiger partial charge is 0.338 e. The molecule has 3 fully saturated rings. The quantitative estimate of drug-likeness (QED) is 0.742. The second-order valence-corrected chi connectivity index (χ2v) is 9.22. The van der Waals surface area contributed by atoms with E-state index in [1.54, 1.807) is 0 Å². The molecule has 1 atom stereocenters. The topological polar surface area (TPSA) is 23.6 Å². The summed E-state index contributed by atoms with van der Waals surface area (Å²) in [5.74, 6) is 3.64. The van der Waals surface area contributed by atoms with Crippen molar-refractivity contribution >= 4 is 17.7 Å². The Kier molecular flexibility index (Phi) is 7.78. The Morgan fingerprint density at radius 2 is 1.67 bits per heavy atom. The summed E-state index contributed by atoms with van der Waals surface area (Å²) in [4.78, 5) is 17.8. The van der Waals surface area contributed by atoms with E-state index >= 15 is 0 Å². The van der Waals surface area contributed by atoms with Crippen LogP contribution >= 0.6 is 11.8 Å².